The summed E-state index contributed by atoms with van der Waals surface area (Å²) in [5.41, 5.74) is 4.50. The number of methoxy groups -OCH3 is 2. The number of amides is 2. The molecule has 5 aromatic rings. The third kappa shape index (κ3) is 5.00. The van der Waals surface area contributed by atoms with Crippen molar-refractivity contribution in [2.45, 2.75) is 6.17 Å². The highest BCUT2D eigenvalue weighted by Gasteiger charge is 2.37. The van der Waals surface area contributed by atoms with Crippen LogP contribution in [0.1, 0.15) is 20.7 Å². The number of rotatable bonds is 9. The zero-order chi connectivity index (χ0) is 29.4. The van der Waals surface area contributed by atoms with Crippen LogP contribution in [0.2, 0.25) is 0 Å². The van der Waals surface area contributed by atoms with E-state index in [1.54, 1.807) is 64.4 Å². The molecule has 42 heavy (non-hydrogen) atoms. The first-order chi connectivity index (χ1) is 20.3. The molecule has 10 nitrogen and oxygen atoms in total. The lowest BCUT2D eigenvalue weighted by Gasteiger charge is -2.28. The number of nitrogens with zero attached hydrogens (tertiary/aromatic N) is 6. The van der Waals surface area contributed by atoms with Crippen LogP contribution in [0, 0.1) is 0 Å². The van der Waals surface area contributed by atoms with Gasteiger partial charge in [-0.05, 0) is 30.3 Å². The fourth-order valence-electron chi connectivity index (χ4n) is 5.03. The van der Waals surface area contributed by atoms with Crippen molar-refractivity contribution in [2.75, 3.05) is 32.2 Å². The normalized spacial score (nSPS) is 13.4. The predicted octanol–water partition coefficient (Wildman–Crippen LogP) is 4.82. The summed E-state index contributed by atoms with van der Waals surface area (Å²) in [5.74, 6) is 0.0302. The quantitative estimate of drug-likeness (QED) is 0.234. The summed E-state index contributed by atoms with van der Waals surface area (Å²) < 4.78 is 28.5. The third-order valence-corrected chi connectivity index (χ3v) is 7.13. The summed E-state index contributed by atoms with van der Waals surface area (Å²) in [7, 11) is 4.90. The maximum absolute atomic E-state index is 15.9. The van der Waals surface area contributed by atoms with Crippen LogP contribution >= 0.6 is 0 Å². The molecule has 1 atom stereocenters. The van der Waals surface area contributed by atoms with Crippen molar-refractivity contribution in [3.8, 4) is 22.8 Å². The summed E-state index contributed by atoms with van der Waals surface area (Å²) in [4.78, 5) is 37.8. The van der Waals surface area contributed by atoms with E-state index in [1.165, 1.54) is 14.2 Å². The van der Waals surface area contributed by atoms with Crippen LogP contribution in [-0.2, 0) is 7.05 Å². The van der Waals surface area contributed by atoms with Crippen LogP contribution in [0.5, 0.6) is 11.5 Å². The Labute approximate surface area is 240 Å². The first-order valence-corrected chi connectivity index (χ1v) is 13.2. The number of imide groups is 1. The zero-order valence-electron chi connectivity index (χ0n) is 23.2. The van der Waals surface area contributed by atoms with E-state index in [4.69, 9.17) is 14.5 Å². The van der Waals surface area contributed by atoms with E-state index in [9.17, 15) is 9.59 Å². The van der Waals surface area contributed by atoms with Gasteiger partial charge in [0.15, 0.2) is 0 Å². The molecular weight excluding hydrogens is 539 g/mol. The molecular formula is C31H27FN6O4. The Morgan fingerprint density at radius 1 is 0.881 bits per heavy atom. The fraction of sp³-hybridized carbons (Fsp3) is 0.194. The van der Waals surface area contributed by atoms with Crippen LogP contribution in [0.3, 0.4) is 0 Å². The molecule has 0 fully saturated rings. The molecule has 11 heteroatoms. The second kappa shape index (κ2) is 10.9. The minimum Gasteiger partial charge on any atom is -0.497 e. The molecule has 212 valence electrons. The van der Waals surface area contributed by atoms with Gasteiger partial charge in [0, 0.05) is 48.4 Å². The van der Waals surface area contributed by atoms with E-state index >= 15 is 4.39 Å². The molecule has 2 amide bonds. The lowest BCUT2D eigenvalue weighted by atomic mass is 10.1. The highest BCUT2D eigenvalue weighted by molar-refractivity contribution is 6.21. The van der Waals surface area contributed by atoms with Crippen molar-refractivity contribution in [3.63, 3.8) is 0 Å². The number of carbonyl (C=O) groups excluding carboxylic acids is 2. The van der Waals surface area contributed by atoms with Crippen molar-refractivity contribution in [1.29, 1.82) is 0 Å². The summed E-state index contributed by atoms with van der Waals surface area (Å²) >= 11 is 0. The Hall–Kier alpha value is -5.32. The van der Waals surface area contributed by atoms with Gasteiger partial charge in [0.1, 0.15) is 17.7 Å². The lowest BCUT2D eigenvalue weighted by molar-refractivity contribution is 0.0614. The topological polar surface area (TPSA) is 103 Å². The Morgan fingerprint density at radius 2 is 1.57 bits per heavy atom. The van der Waals surface area contributed by atoms with Gasteiger partial charge in [-0.1, -0.05) is 12.1 Å². The largest absolute Gasteiger partial charge is 0.497 e. The Kier molecular flexibility index (Phi) is 6.99. The van der Waals surface area contributed by atoms with Crippen molar-refractivity contribution in [1.82, 2.24) is 24.6 Å². The molecule has 0 aliphatic carbocycles. The third-order valence-electron chi connectivity index (χ3n) is 7.13. The molecule has 3 aromatic carbocycles. The first-order valence-electron chi connectivity index (χ1n) is 13.2. The van der Waals surface area contributed by atoms with Gasteiger partial charge in [0.25, 0.3) is 11.8 Å². The van der Waals surface area contributed by atoms with Crippen LogP contribution in [0.25, 0.3) is 22.3 Å². The lowest BCUT2D eigenvalue weighted by Crippen LogP contribution is -2.39. The van der Waals surface area contributed by atoms with Gasteiger partial charge in [0.05, 0.1) is 67.6 Å². The molecule has 6 rings (SSSR count). The SMILES string of the molecule is COc1cc(OC)cc(N(CC(F)CN2C(=O)c3ccccc3C2=O)c2ccc3ncc(-c4cnn(C)c4)nc3c2)c1. The van der Waals surface area contributed by atoms with E-state index < -0.39 is 24.5 Å². The van der Waals surface area contributed by atoms with Crippen molar-refractivity contribution in [2.24, 2.45) is 7.05 Å². The molecule has 1 aliphatic rings. The zero-order valence-corrected chi connectivity index (χ0v) is 23.2. The highest BCUT2D eigenvalue weighted by atomic mass is 19.1. The molecule has 0 bridgehead atoms. The number of hydrogen-bond donors (Lipinski definition) is 0. The van der Waals surface area contributed by atoms with Crippen LogP contribution < -0.4 is 14.4 Å². The highest BCUT2D eigenvalue weighted by Crippen LogP contribution is 2.35. The average Bonchev–Trinajstić information content (AvgIpc) is 3.56. The number of benzene rings is 3. The van der Waals surface area contributed by atoms with E-state index in [1.807, 2.05) is 31.4 Å². The summed E-state index contributed by atoms with van der Waals surface area (Å²) in [6.45, 7) is -0.576. The first kappa shape index (κ1) is 26.9. The maximum atomic E-state index is 15.9. The Balaban J connectivity index is 1.36. The maximum Gasteiger partial charge on any atom is 0.261 e. The fourth-order valence-corrected chi connectivity index (χ4v) is 5.03. The Morgan fingerprint density at radius 3 is 2.19 bits per heavy atom. The number of anilines is 2. The summed E-state index contributed by atoms with van der Waals surface area (Å²) in [6.07, 6.45) is 3.65. The van der Waals surface area contributed by atoms with Gasteiger partial charge in [0.2, 0.25) is 0 Å². The second-order valence-electron chi connectivity index (χ2n) is 9.88. The standard InChI is InChI=1S/C31H27FN6O4/c1-36-16-19(14-34-36)29-15-33-27-9-8-21(12-28(27)35-29)37(22-10-23(41-2)13-24(11-22)42-3)17-20(32)18-38-30(39)25-6-4-5-7-26(25)31(38)40/h4-16,20H,17-18H2,1-3H3. The number of aromatic nitrogens is 4. The van der Waals surface area contributed by atoms with E-state index in [0.29, 0.717) is 39.6 Å². The van der Waals surface area contributed by atoms with Crippen molar-refractivity contribution >= 4 is 34.2 Å². The minimum absolute atomic E-state index is 0.176. The second-order valence-corrected chi connectivity index (χ2v) is 9.88. The van der Waals surface area contributed by atoms with Crippen LogP contribution in [0.4, 0.5) is 15.8 Å². The molecule has 1 unspecified atom stereocenters. The van der Waals surface area contributed by atoms with Crippen molar-refractivity contribution in [3.05, 3.63) is 90.4 Å². The number of alkyl halides is 1. The number of carbonyl (C=O) groups is 2. The van der Waals surface area contributed by atoms with Crippen molar-refractivity contribution < 1.29 is 23.5 Å². The summed E-state index contributed by atoms with van der Waals surface area (Å²) in [6, 6.07) is 17.2. The molecule has 0 saturated heterocycles. The molecule has 0 spiro atoms. The summed E-state index contributed by atoms with van der Waals surface area (Å²) in [5, 5.41) is 4.21. The van der Waals surface area contributed by atoms with Gasteiger partial charge < -0.3 is 14.4 Å². The smallest absolute Gasteiger partial charge is 0.261 e. The van der Waals surface area contributed by atoms with E-state index in [0.717, 1.165) is 10.5 Å². The molecule has 3 heterocycles. The molecule has 1 aliphatic heterocycles. The van der Waals surface area contributed by atoms with Crippen LogP contribution in [0.15, 0.2) is 79.3 Å². The monoisotopic (exact) mass is 566 g/mol. The minimum atomic E-state index is -1.59. The number of fused-ring (bicyclic) bond motifs is 2. The predicted molar refractivity (Wildman–Crippen MR) is 155 cm³/mol. The Bertz CT molecular complexity index is 1770. The van der Waals surface area contributed by atoms with Gasteiger partial charge in [-0.25, -0.2) is 9.37 Å². The molecule has 0 N–H and O–H groups in total. The molecule has 0 saturated carbocycles. The number of ether oxygens (including phenoxy) is 2. The van der Waals surface area contributed by atoms with E-state index in [-0.39, 0.29) is 17.7 Å². The molecule has 2 aromatic heterocycles. The molecule has 0 radical (unpaired) electrons. The van der Waals surface area contributed by atoms with Gasteiger partial charge in [-0.15, -0.1) is 0 Å². The number of halogens is 1. The average molecular weight is 567 g/mol. The number of aryl methyl sites for hydroxylation is 1. The van der Waals surface area contributed by atoms with E-state index in [2.05, 4.69) is 10.1 Å². The number of hydrogen-bond acceptors (Lipinski definition) is 8. The van der Waals surface area contributed by atoms with Gasteiger partial charge in [-0.2, -0.15) is 5.10 Å². The van der Waals surface area contributed by atoms with Gasteiger partial charge in [-0.3, -0.25) is 24.2 Å². The van der Waals surface area contributed by atoms with Crippen LogP contribution in [-0.4, -0.2) is 69.9 Å². The van der Waals surface area contributed by atoms with Gasteiger partial charge >= 0.3 is 0 Å².